The number of benzene rings is 1. The first-order valence-corrected chi connectivity index (χ1v) is 7.23. The Labute approximate surface area is 120 Å². The molecule has 1 aromatic rings. The number of ether oxygens (including phenoxy) is 2. The van der Waals surface area contributed by atoms with Crippen LogP contribution in [0, 0.1) is 0 Å². The van der Waals surface area contributed by atoms with E-state index in [1.165, 1.54) is 0 Å². The van der Waals surface area contributed by atoms with Gasteiger partial charge in [-0.15, -0.1) is 0 Å². The van der Waals surface area contributed by atoms with E-state index in [9.17, 15) is 4.79 Å². The summed E-state index contributed by atoms with van der Waals surface area (Å²) >= 11 is 0. The van der Waals surface area contributed by atoms with Crippen LogP contribution >= 0.6 is 0 Å². The number of carbonyl (C=O) groups excluding carboxylic acids is 1. The zero-order chi connectivity index (χ0) is 14.5. The van der Waals surface area contributed by atoms with Crippen molar-refractivity contribution in [3.05, 3.63) is 29.8 Å². The van der Waals surface area contributed by atoms with E-state index in [0.29, 0.717) is 13.2 Å². The highest BCUT2D eigenvalue weighted by Crippen LogP contribution is 2.26. The maximum Gasteiger partial charge on any atom is 0.252 e. The molecule has 0 unspecified atom stereocenters. The number of likely N-dealkylation sites (N-methyl/N-ethyl adjacent to an activating group) is 1. The Morgan fingerprint density at radius 1 is 1.55 bits per heavy atom. The minimum atomic E-state index is -0.261. The zero-order valence-corrected chi connectivity index (χ0v) is 12.5. The molecule has 1 heterocycles. The lowest BCUT2D eigenvalue weighted by Crippen LogP contribution is -2.40. The molecule has 1 saturated heterocycles. The molecule has 2 rings (SSSR count). The van der Waals surface area contributed by atoms with Crippen LogP contribution in [0.3, 0.4) is 0 Å². The van der Waals surface area contributed by atoms with Crippen molar-refractivity contribution in [3.63, 3.8) is 0 Å². The van der Waals surface area contributed by atoms with Crippen molar-refractivity contribution in [1.29, 1.82) is 0 Å². The minimum absolute atomic E-state index is 0.0202. The van der Waals surface area contributed by atoms with Crippen LogP contribution in [0.15, 0.2) is 24.3 Å². The van der Waals surface area contributed by atoms with Crippen molar-refractivity contribution in [2.24, 2.45) is 0 Å². The zero-order valence-electron chi connectivity index (χ0n) is 12.5. The van der Waals surface area contributed by atoms with Gasteiger partial charge in [-0.3, -0.25) is 4.79 Å². The lowest BCUT2D eigenvalue weighted by molar-refractivity contribution is -0.143. The molecule has 1 amide bonds. The molecule has 1 aliphatic heterocycles. The van der Waals surface area contributed by atoms with Crippen molar-refractivity contribution < 1.29 is 14.3 Å². The highest BCUT2D eigenvalue weighted by molar-refractivity contribution is 5.81. The van der Waals surface area contributed by atoms with Crippen LogP contribution in [0.4, 0.5) is 0 Å². The summed E-state index contributed by atoms with van der Waals surface area (Å²) in [6, 6.07) is 7.89. The normalized spacial score (nSPS) is 19.6. The summed E-state index contributed by atoms with van der Waals surface area (Å²) in [7, 11) is 1.65. The molecule has 0 aliphatic carbocycles. The number of carbonyl (C=O) groups is 1. The van der Waals surface area contributed by atoms with E-state index in [1.807, 2.05) is 43.0 Å². The summed E-state index contributed by atoms with van der Waals surface area (Å²) in [6.07, 6.45) is 1.55. The maximum atomic E-state index is 12.5. The molecule has 0 spiro atoms. The van der Waals surface area contributed by atoms with Gasteiger partial charge in [0, 0.05) is 13.2 Å². The average molecular weight is 277 g/mol. The first-order chi connectivity index (χ1) is 9.67. The first-order valence-electron chi connectivity index (χ1n) is 7.23. The highest BCUT2D eigenvalue weighted by Gasteiger charge is 2.30. The number of hydrogen-bond donors (Lipinski definition) is 0. The second kappa shape index (κ2) is 6.75. The molecule has 20 heavy (non-hydrogen) atoms. The molecule has 0 radical (unpaired) electrons. The molecule has 2 atom stereocenters. The Kier molecular flexibility index (Phi) is 5.01. The summed E-state index contributed by atoms with van der Waals surface area (Å²) in [5.74, 6) is 0.912. The monoisotopic (exact) mass is 277 g/mol. The van der Waals surface area contributed by atoms with Gasteiger partial charge in [0.05, 0.1) is 13.2 Å². The van der Waals surface area contributed by atoms with Crippen LogP contribution in [-0.2, 0) is 9.53 Å². The lowest BCUT2D eigenvalue weighted by atomic mass is 10.1. The molecule has 0 aromatic heterocycles. The smallest absolute Gasteiger partial charge is 0.252 e. The Morgan fingerprint density at radius 2 is 2.35 bits per heavy atom. The third-order valence-corrected chi connectivity index (χ3v) is 3.87. The van der Waals surface area contributed by atoms with Gasteiger partial charge in [0.1, 0.15) is 11.9 Å². The molecule has 4 nitrogen and oxygen atoms in total. The molecular formula is C16H23NO3. The Hall–Kier alpha value is -1.55. The minimum Gasteiger partial charge on any atom is -0.497 e. The number of hydrogen-bond acceptors (Lipinski definition) is 3. The van der Waals surface area contributed by atoms with Crippen LogP contribution in [0.25, 0.3) is 0 Å². The largest absolute Gasteiger partial charge is 0.497 e. The molecular weight excluding hydrogens is 254 g/mol. The Balaban J connectivity index is 2.14. The van der Waals surface area contributed by atoms with Gasteiger partial charge in [0.2, 0.25) is 0 Å². The van der Waals surface area contributed by atoms with Gasteiger partial charge < -0.3 is 14.4 Å². The molecule has 1 aliphatic rings. The first kappa shape index (κ1) is 14.9. The SMILES string of the molecule is CCN(C(=O)[C@H]1CCCO1)[C@@H](C)c1cccc(OC)c1. The molecule has 1 fully saturated rings. The van der Waals surface area contributed by atoms with E-state index in [-0.39, 0.29) is 18.1 Å². The van der Waals surface area contributed by atoms with E-state index in [4.69, 9.17) is 9.47 Å². The van der Waals surface area contributed by atoms with Gasteiger partial charge in [-0.1, -0.05) is 12.1 Å². The van der Waals surface area contributed by atoms with Crippen LogP contribution < -0.4 is 4.74 Å². The maximum absolute atomic E-state index is 12.5. The predicted octanol–water partition coefficient (Wildman–Crippen LogP) is 2.78. The van der Waals surface area contributed by atoms with Crippen LogP contribution in [0.1, 0.15) is 38.3 Å². The average Bonchev–Trinajstić information content (AvgIpc) is 3.02. The predicted molar refractivity (Wildman–Crippen MR) is 77.8 cm³/mol. The van der Waals surface area contributed by atoms with Gasteiger partial charge in [-0.05, 0) is 44.4 Å². The fourth-order valence-corrected chi connectivity index (χ4v) is 2.66. The molecule has 4 heteroatoms. The van der Waals surface area contributed by atoms with Gasteiger partial charge in [-0.2, -0.15) is 0 Å². The number of nitrogens with zero attached hydrogens (tertiary/aromatic N) is 1. The Morgan fingerprint density at radius 3 is 2.95 bits per heavy atom. The van der Waals surface area contributed by atoms with Crippen molar-refractivity contribution in [2.45, 2.75) is 38.8 Å². The topological polar surface area (TPSA) is 38.8 Å². The number of methoxy groups -OCH3 is 1. The quantitative estimate of drug-likeness (QED) is 0.830. The Bertz CT molecular complexity index is 455. The summed E-state index contributed by atoms with van der Waals surface area (Å²) in [5, 5.41) is 0. The number of rotatable bonds is 5. The fourth-order valence-electron chi connectivity index (χ4n) is 2.66. The van der Waals surface area contributed by atoms with Gasteiger partial charge in [0.25, 0.3) is 5.91 Å². The van der Waals surface area contributed by atoms with Crippen molar-refractivity contribution >= 4 is 5.91 Å². The molecule has 0 saturated carbocycles. The number of amides is 1. The van der Waals surface area contributed by atoms with E-state index >= 15 is 0 Å². The fraction of sp³-hybridized carbons (Fsp3) is 0.562. The molecule has 0 bridgehead atoms. The van der Waals surface area contributed by atoms with Gasteiger partial charge in [0.15, 0.2) is 0 Å². The second-order valence-electron chi connectivity index (χ2n) is 5.08. The third-order valence-electron chi connectivity index (χ3n) is 3.87. The summed E-state index contributed by atoms with van der Waals surface area (Å²) < 4.78 is 10.8. The second-order valence-corrected chi connectivity index (χ2v) is 5.08. The van der Waals surface area contributed by atoms with E-state index in [0.717, 1.165) is 24.2 Å². The van der Waals surface area contributed by atoms with Crippen LogP contribution in [0.5, 0.6) is 5.75 Å². The van der Waals surface area contributed by atoms with Crippen molar-refractivity contribution in [3.8, 4) is 5.75 Å². The third kappa shape index (κ3) is 3.12. The van der Waals surface area contributed by atoms with Crippen LogP contribution in [-0.4, -0.2) is 37.2 Å². The summed E-state index contributed by atoms with van der Waals surface area (Å²) in [6.45, 7) is 5.42. The lowest BCUT2D eigenvalue weighted by Gasteiger charge is -2.30. The molecule has 1 aromatic carbocycles. The van der Waals surface area contributed by atoms with Gasteiger partial charge in [-0.25, -0.2) is 0 Å². The molecule has 0 N–H and O–H groups in total. The molecule has 110 valence electrons. The van der Waals surface area contributed by atoms with E-state index in [2.05, 4.69) is 0 Å². The summed E-state index contributed by atoms with van der Waals surface area (Å²) in [5.41, 5.74) is 1.08. The van der Waals surface area contributed by atoms with Crippen LogP contribution in [0.2, 0.25) is 0 Å². The van der Waals surface area contributed by atoms with E-state index in [1.54, 1.807) is 7.11 Å². The van der Waals surface area contributed by atoms with Crippen molar-refractivity contribution in [1.82, 2.24) is 4.90 Å². The van der Waals surface area contributed by atoms with Crippen molar-refractivity contribution in [2.75, 3.05) is 20.3 Å². The van der Waals surface area contributed by atoms with Gasteiger partial charge >= 0.3 is 0 Å². The summed E-state index contributed by atoms with van der Waals surface area (Å²) in [4.78, 5) is 14.4. The van der Waals surface area contributed by atoms with E-state index < -0.39 is 0 Å². The standard InChI is InChI=1S/C16H23NO3/c1-4-17(16(18)15-9-6-10-20-15)12(2)13-7-5-8-14(11-13)19-3/h5,7-8,11-12,15H,4,6,9-10H2,1-3H3/t12-,15+/m0/s1. The highest BCUT2D eigenvalue weighted by atomic mass is 16.5.